The van der Waals surface area contributed by atoms with E-state index in [9.17, 15) is 9.59 Å². The van der Waals surface area contributed by atoms with Crippen molar-refractivity contribution in [1.29, 1.82) is 0 Å². The van der Waals surface area contributed by atoms with E-state index in [1.54, 1.807) is 4.90 Å². The summed E-state index contributed by atoms with van der Waals surface area (Å²) in [7, 11) is 0. The first-order valence-corrected chi connectivity index (χ1v) is 4.01. The number of hydrogen-bond donors (Lipinski definition) is 0. The van der Waals surface area contributed by atoms with Gasteiger partial charge in [-0.3, -0.25) is 4.79 Å². The van der Waals surface area contributed by atoms with Crippen molar-refractivity contribution in [2.24, 2.45) is 4.99 Å². The van der Waals surface area contributed by atoms with Crippen molar-refractivity contribution >= 4 is 12.0 Å². The van der Waals surface area contributed by atoms with E-state index in [0.29, 0.717) is 13.0 Å². The van der Waals surface area contributed by atoms with Gasteiger partial charge in [-0.2, -0.15) is 0 Å². The maximum Gasteiger partial charge on any atom is 0.235 e. The standard InChI is InChI=1S/C8H12N2O2/c1-6(2)10-4-7(9-5-11)3-8(10)12/h6-7H,3-4H2,1-2H3. The van der Waals surface area contributed by atoms with Gasteiger partial charge in [0.2, 0.25) is 12.0 Å². The number of hydrogen-bond acceptors (Lipinski definition) is 3. The second-order valence-electron chi connectivity index (χ2n) is 3.22. The molecule has 4 heteroatoms. The first-order valence-electron chi connectivity index (χ1n) is 4.01. The highest BCUT2D eigenvalue weighted by Gasteiger charge is 2.30. The third-order valence-electron chi connectivity index (χ3n) is 2.00. The Hall–Kier alpha value is -1.15. The van der Waals surface area contributed by atoms with Crippen LogP contribution in [0.2, 0.25) is 0 Å². The molecule has 0 saturated carbocycles. The highest BCUT2D eigenvalue weighted by Crippen LogP contribution is 2.16. The molecule has 1 rings (SSSR count). The van der Waals surface area contributed by atoms with Crippen LogP contribution in [0.15, 0.2) is 4.99 Å². The third-order valence-corrected chi connectivity index (χ3v) is 2.00. The van der Waals surface area contributed by atoms with Gasteiger partial charge in [0.05, 0.1) is 12.5 Å². The Morgan fingerprint density at radius 1 is 1.67 bits per heavy atom. The first-order chi connectivity index (χ1) is 5.65. The molecule has 0 spiro atoms. The van der Waals surface area contributed by atoms with Crippen LogP contribution in [-0.2, 0) is 9.59 Å². The molecular formula is C8H12N2O2. The van der Waals surface area contributed by atoms with Crippen LogP contribution in [0.3, 0.4) is 0 Å². The molecule has 1 unspecified atom stereocenters. The van der Waals surface area contributed by atoms with E-state index >= 15 is 0 Å². The van der Waals surface area contributed by atoms with E-state index in [1.165, 1.54) is 6.08 Å². The summed E-state index contributed by atoms with van der Waals surface area (Å²) in [6.07, 6.45) is 1.84. The maximum absolute atomic E-state index is 11.2. The summed E-state index contributed by atoms with van der Waals surface area (Å²) >= 11 is 0. The molecule has 1 fully saturated rings. The molecule has 0 aliphatic carbocycles. The van der Waals surface area contributed by atoms with Crippen molar-refractivity contribution in [2.75, 3.05) is 6.54 Å². The Labute approximate surface area is 71.3 Å². The van der Waals surface area contributed by atoms with Gasteiger partial charge in [0.1, 0.15) is 0 Å². The Balaban J connectivity index is 2.62. The molecule has 4 nitrogen and oxygen atoms in total. The fourth-order valence-electron chi connectivity index (χ4n) is 1.37. The summed E-state index contributed by atoms with van der Waals surface area (Å²) in [5.74, 6) is 0.0778. The lowest BCUT2D eigenvalue weighted by molar-refractivity contribution is -0.129. The van der Waals surface area contributed by atoms with Gasteiger partial charge in [0.25, 0.3) is 0 Å². The molecule has 1 aliphatic heterocycles. The Morgan fingerprint density at radius 2 is 2.33 bits per heavy atom. The number of isocyanates is 1. The topological polar surface area (TPSA) is 49.7 Å². The summed E-state index contributed by atoms with van der Waals surface area (Å²) in [5.41, 5.74) is 0. The lowest BCUT2D eigenvalue weighted by Gasteiger charge is -2.19. The van der Waals surface area contributed by atoms with Crippen LogP contribution in [0.4, 0.5) is 0 Å². The Kier molecular flexibility index (Phi) is 2.61. The number of likely N-dealkylation sites (tertiary alicyclic amines) is 1. The van der Waals surface area contributed by atoms with Crippen LogP contribution in [0.25, 0.3) is 0 Å². The summed E-state index contributed by atoms with van der Waals surface area (Å²) in [6.45, 7) is 4.46. The summed E-state index contributed by atoms with van der Waals surface area (Å²) in [5, 5.41) is 0. The quantitative estimate of drug-likeness (QED) is 0.440. The van der Waals surface area contributed by atoms with Crippen LogP contribution in [0.1, 0.15) is 20.3 Å². The lowest BCUT2D eigenvalue weighted by atomic mass is 10.3. The second kappa shape index (κ2) is 3.50. The van der Waals surface area contributed by atoms with Crippen LogP contribution in [0, 0.1) is 0 Å². The predicted molar refractivity (Wildman–Crippen MR) is 43.4 cm³/mol. The Bertz CT molecular complexity index is 231. The van der Waals surface area contributed by atoms with Gasteiger partial charge < -0.3 is 4.90 Å². The molecule has 1 saturated heterocycles. The monoisotopic (exact) mass is 168 g/mol. The molecule has 0 radical (unpaired) electrons. The number of aliphatic imine (C=N–C) groups is 1. The molecular weight excluding hydrogens is 156 g/mol. The summed E-state index contributed by atoms with van der Waals surface area (Å²) in [4.78, 5) is 26.4. The van der Waals surface area contributed by atoms with E-state index in [1.807, 2.05) is 13.8 Å². The lowest BCUT2D eigenvalue weighted by Crippen LogP contribution is -2.32. The minimum atomic E-state index is -0.169. The van der Waals surface area contributed by atoms with Crippen molar-refractivity contribution in [3.05, 3.63) is 0 Å². The highest BCUT2D eigenvalue weighted by atomic mass is 16.2. The fraction of sp³-hybridized carbons (Fsp3) is 0.750. The van der Waals surface area contributed by atoms with E-state index in [-0.39, 0.29) is 18.0 Å². The first kappa shape index (κ1) is 8.94. The molecule has 1 amide bonds. The van der Waals surface area contributed by atoms with E-state index in [0.717, 1.165) is 0 Å². The molecule has 66 valence electrons. The molecule has 12 heavy (non-hydrogen) atoms. The summed E-state index contributed by atoms with van der Waals surface area (Å²) < 4.78 is 0. The second-order valence-corrected chi connectivity index (χ2v) is 3.22. The molecule has 0 aromatic carbocycles. The largest absolute Gasteiger partial charge is 0.338 e. The highest BCUT2D eigenvalue weighted by molar-refractivity contribution is 5.79. The van der Waals surface area contributed by atoms with Crippen LogP contribution < -0.4 is 0 Å². The average Bonchev–Trinajstić information content (AvgIpc) is 2.32. The number of carbonyl (C=O) groups is 1. The van der Waals surface area contributed by atoms with Crippen LogP contribution in [0.5, 0.6) is 0 Å². The number of rotatable bonds is 2. The number of nitrogens with zero attached hydrogens (tertiary/aromatic N) is 2. The molecule has 1 heterocycles. The van der Waals surface area contributed by atoms with Crippen molar-refractivity contribution in [3.8, 4) is 0 Å². The van der Waals surface area contributed by atoms with Gasteiger partial charge in [-0.15, -0.1) is 0 Å². The van der Waals surface area contributed by atoms with Gasteiger partial charge in [-0.25, -0.2) is 9.79 Å². The molecule has 0 aromatic heterocycles. The molecule has 0 bridgehead atoms. The fourth-order valence-corrected chi connectivity index (χ4v) is 1.37. The normalized spacial score (nSPS) is 23.1. The van der Waals surface area contributed by atoms with Gasteiger partial charge in [0, 0.05) is 12.6 Å². The van der Waals surface area contributed by atoms with E-state index in [4.69, 9.17) is 0 Å². The minimum absolute atomic E-state index is 0.0778. The smallest absolute Gasteiger partial charge is 0.235 e. The zero-order valence-electron chi connectivity index (χ0n) is 7.28. The SMILES string of the molecule is CC(C)N1CC(N=C=O)CC1=O. The molecule has 1 aliphatic rings. The van der Waals surface area contributed by atoms with Crippen molar-refractivity contribution < 1.29 is 9.59 Å². The zero-order chi connectivity index (χ0) is 9.14. The van der Waals surface area contributed by atoms with Gasteiger partial charge in [-0.1, -0.05) is 0 Å². The molecule has 1 atom stereocenters. The summed E-state index contributed by atoms with van der Waals surface area (Å²) in [6, 6.07) is 0.0294. The predicted octanol–water partition coefficient (Wildman–Crippen LogP) is 0.332. The Morgan fingerprint density at radius 3 is 2.75 bits per heavy atom. The van der Waals surface area contributed by atoms with Crippen molar-refractivity contribution in [2.45, 2.75) is 32.4 Å². The van der Waals surface area contributed by atoms with E-state index < -0.39 is 0 Å². The minimum Gasteiger partial charge on any atom is -0.338 e. The van der Waals surface area contributed by atoms with Crippen molar-refractivity contribution in [3.63, 3.8) is 0 Å². The zero-order valence-corrected chi connectivity index (χ0v) is 7.28. The van der Waals surface area contributed by atoms with Gasteiger partial charge >= 0.3 is 0 Å². The molecule has 0 aromatic rings. The third kappa shape index (κ3) is 1.71. The van der Waals surface area contributed by atoms with E-state index in [2.05, 4.69) is 4.99 Å². The number of amides is 1. The van der Waals surface area contributed by atoms with Gasteiger partial charge in [-0.05, 0) is 13.8 Å². The van der Waals surface area contributed by atoms with Crippen LogP contribution in [-0.4, -0.2) is 35.5 Å². The molecule has 0 N–H and O–H groups in total. The van der Waals surface area contributed by atoms with Crippen LogP contribution >= 0.6 is 0 Å². The average molecular weight is 168 g/mol. The van der Waals surface area contributed by atoms with Crippen molar-refractivity contribution in [1.82, 2.24) is 4.90 Å². The van der Waals surface area contributed by atoms with Gasteiger partial charge in [0.15, 0.2) is 0 Å². The number of carbonyl (C=O) groups excluding carboxylic acids is 2. The maximum atomic E-state index is 11.2.